The zero-order valence-electron chi connectivity index (χ0n) is 19.5. The fraction of sp³-hybridized carbons (Fsp3) is 0.308. The zero-order valence-corrected chi connectivity index (χ0v) is 19.5. The number of nitro groups is 1. The summed E-state index contributed by atoms with van der Waals surface area (Å²) >= 11 is 0. The highest BCUT2D eigenvalue weighted by Crippen LogP contribution is 2.38. The number of hydrogen-bond acceptors (Lipinski definition) is 7. The lowest BCUT2D eigenvalue weighted by Crippen LogP contribution is -2.61. The van der Waals surface area contributed by atoms with Crippen LogP contribution in [0.2, 0.25) is 0 Å². The summed E-state index contributed by atoms with van der Waals surface area (Å²) < 4.78 is 5.29. The monoisotopic (exact) mass is 473 g/mol. The van der Waals surface area contributed by atoms with Crippen LogP contribution in [0.1, 0.15) is 11.3 Å². The van der Waals surface area contributed by atoms with E-state index in [2.05, 4.69) is 20.1 Å². The molecule has 3 aromatic rings. The van der Waals surface area contributed by atoms with Crippen LogP contribution in [0.4, 0.5) is 17.1 Å². The summed E-state index contributed by atoms with van der Waals surface area (Å²) in [4.78, 5) is 33.3. The highest BCUT2D eigenvalue weighted by Gasteiger charge is 2.42. The fourth-order valence-corrected chi connectivity index (χ4v) is 5.06. The van der Waals surface area contributed by atoms with E-state index in [1.54, 1.807) is 25.4 Å². The number of fused-ring (bicyclic) bond motifs is 3. The molecule has 180 valence electrons. The summed E-state index contributed by atoms with van der Waals surface area (Å²) in [6.07, 6.45) is 2.15. The van der Waals surface area contributed by atoms with E-state index in [0.29, 0.717) is 26.1 Å². The molecule has 1 N–H and O–H groups in total. The van der Waals surface area contributed by atoms with Gasteiger partial charge in [0.2, 0.25) is 5.91 Å². The first-order chi connectivity index (χ1) is 17.0. The Morgan fingerprint density at radius 3 is 2.71 bits per heavy atom. The Bertz CT molecular complexity index is 1220. The first-order valence-electron chi connectivity index (χ1n) is 11.6. The zero-order chi connectivity index (χ0) is 24.4. The molecule has 9 heteroatoms. The topological polar surface area (TPSA) is 101 Å². The molecule has 2 aliphatic heterocycles. The maximum Gasteiger partial charge on any atom is 0.269 e. The van der Waals surface area contributed by atoms with Crippen molar-refractivity contribution in [2.24, 2.45) is 5.92 Å². The van der Waals surface area contributed by atoms with Crippen LogP contribution in [-0.2, 0) is 17.8 Å². The average Bonchev–Trinajstić information content (AvgIpc) is 2.91. The molecule has 0 aliphatic carbocycles. The summed E-state index contributed by atoms with van der Waals surface area (Å²) in [5, 5.41) is 14.4. The van der Waals surface area contributed by atoms with Gasteiger partial charge in [0.05, 0.1) is 36.2 Å². The van der Waals surface area contributed by atoms with Crippen LogP contribution in [0.5, 0.6) is 5.75 Å². The summed E-state index contributed by atoms with van der Waals surface area (Å²) in [7, 11) is 1.64. The number of piperazine rings is 1. The number of pyridine rings is 1. The van der Waals surface area contributed by atoms with E-state index < -0.39 is 0 Å². The lowest BCUT2D eigenvalue weighted by Gasteiger charge is -2.49. The summed E-state index contributed by atoms with van der Waals surface area (Å²) in [5.41, 5.74) is 3.72. The number of non-ortho nitro benzene ring substituents is 1. The van der Waals surface area contributed by atoms with Gasteiger partial charge in [-0.3, -0.25) is 19.9 Å². The molecule has 2 atom stereocenters. The van der Waals surface area contributed by atoms with Gasteiger partial charge >= 0.3 is 0 Å². The van der Waals surface area contributed by atoms with Crippen molar-refractivity contribution < 1.29 is 14.5 Å². The van der Waals surface area contributed by atoms with Gasteiger partial charge in [-0.25, -0.2) is 0 Å². The van der Waals surface area contributed by atoms with Crippen molar-refractivity contribution in [3.8, 4) is 5.75 Å². The van der Waals surface area contributed by atoms with Gasteiger partial charge in [-0.05, 0) is 54.4 Å². The van der Waals surface area contributed by atoms with Crippen molar-refractivity contribution in [2.75, 3.05) is 36.5 Å². The predicted octanol–water partition coefficient (Wildman–Crippen LogP) is 3.18. The van der Waals surface area contributed by atoms with Gasteiger partial charge in [0.15, 0.2) is 0 Å². The molecule has 2 unspecified atom stereocenters. The Labute approximate surface area is 203 Å². The largest absolute Gasteiger partial charge is 0.497 e. The molecule has 9 nitrogen and oxygen atoms in total. The number of nitro benzene ring substituents is 1. The minimum atomic E-state index is -0.385. The highest BCUT2D eigenvalue weighted by atomic mass is 16.6. The molecule has 1 aromatic heterocycles. The second kappa shape index (κ2) is 9.61. The number of rotatable bonds is 6. The molecule has 0 radical (unpaired) electrons. The van der Waals surface area contributed by atoms with Gasteiger partial charge in [-0.1, -0.05) is 6.07 Å². The second-order valence-electron chi connectivity index (χ2n) is 8.82. The normalized spacial score (nSPS) is 18.9. The first-order valence-corrected chi connectivity index (χ1v) is 11.6. The maximum atomic E-state index is 13.4. The van der Waals surface area contributed by atoms with E-state index in [1.807, 2.05) is 48.5 Å². The molecule has 2 aliphatic rings. The van der Waals surface area contributed by atoms with Gasteiger partial charge in [0, 0.05) is 49.3 Å². The molecule has 0 spiro atoms. The van der Waals surface area contributed by atoms with E-state index in [1.165, 1.54) is 0 Å². The summed E-state index contributed by atoms with van der Waals surface area (Å²) in [6, 6.07) is 18.5. The van der Waals surface area contributed by atoms with E-state index in [0.717, 1.165) is 34.9 Å². The fourth-order valence-electron chi connectivity index (χ4n) is 5.06. The standard InChI is InChI=1S/C26H27N5O4/c1-35-22-8-5-20(6-9-22)29-12-13-30-24-10-7-21(31(33)34)14-18(24)15-23(25(30)17-29)26(32)28-16-19-4-2-3-11-27-19/h2-11,14,23,25H,12-13,15-17H2,1H3,(H,28,32). The molecule has 2 aromatic carbocycles. The number of carbonyl (C=O) groups is 1. The molecular formula is C26H27N5O4. The molecule has 5 rings (SSSR count). The van der Waals surface area contributed by atoms with Crippen LogP contribution in [0, 0.1) is 16.0 Å². The summed E-state index contributed by atoms with van der Waals surface area (Å²) in [6.45, 7) is 2.50. The van der Waals surface area contributed by atoms with Gasteiger partial charge in [0.1, 0.15) is 5.75 Å². The number of hydrogen-bond donors (Lipinski definition) is 1. The van der Waals surface area contributed by atoms with Gasteiger partial charge in [-0.2, -0.15) is 0 Å². The van der Waals surface area contributed by atoms with Crippen molar-refractivity contribution in [2.45, 2.75) is 19.0 Å². The number of ether oxygens (including phenoxy) is 1. The Hall–Kier alpha value is -4.14. The maximum absolute atomic E-state index is 13.4. The third-order valence-electron chi connectivity index (χ3n) is 6.85. The van der Waals surface area contributed by atoms with E-state index in [9.17, 15) is 14.9 Å². The smallest absolute Gasteiger partial charge is 0.269 e. The molecular weight excluding hydrogens is 446 g/mol. The number of aromatic nitrogens is 1. The van der Waals surface area contributed by atoms with Gasteiger partial charge < -0.3 is 19.9 Å². The van der Waals surface area contributed by atoms with Crippen LogP contribution in [-0.4, -0.2) is 48.6 Å². The number of anilines is 2. The number of amides is 1. The van der Waals surface area contributed by atoms with Crippen molar-refractivity contribution in [3.63, 3.8) is 0 Å². The molecule has 1 saturated heterocycles. The summed E-state index contributed by atoms with van der Waals surface area (Å²) in [5.74, 6) is 0.376. The number of nitrogens with one attached hydrogen (secondary N) is 1. The van der Waals surface area contributed by atoms with Crippen LogP contribution >= 0.6 is 0 Å². The van der Waals surface area contributed by atoms with Gasteiger partial charge in [-0.15, -0.1) is 0 Å². The molecule has 3 heterocycles. The Morgan fingerprint density at radius 2 is 2.00 bits per heavy atom. The van der Waals surface area contributed by atoms with Crippen molar-refractivity contribution in [1.29, 1.82) is 0 Å². The van der Waals surface area contributed by atoms with E-state index in [4.69, 9.17) is 4.74 Å². The van der Waals surface area contributed by atoms with Crippen molar-refractivity contribution >= 4 is 23.0 Å². The van der Waals surface area contributed by atoms with Gasteiger partial charge in [0.25, 0.3) is 5.69 Å². The Morgan fingerprint density at radius 1 is 1.17 bits per heavy atom. The third-order valence-corrected chi connectivity index (χ3v) is 6.85. The predicted molar refractivity (Wildman–Crippen MR) is 133 cm³/mol. The molecule has 0 saturated carbocycles. The minimum absolute atomic E-state index is 0.0479. The highest BCUT2D eigenvalue weighted by molar-refractivity contribution is 5.82. The van der Waals surface area contributed by atoms with Crippen LogP contribution in [0.25, 0.3) is 0 Å². The molecule has 1 amide bonds. The van der Waals surface area contributed by atoms with Crippen molar-refractivity contribution in [3.05, 3.63) is 88.2 Å². The number of nitrogens with zero attached hydrogens (tertiary/aromatic N) is 4. The van der Waals surface area contributed by atoms with E-state index in [-0.39, 0.29) is 28.5 Å². The SMILES string of the molecule is COc1ccc(N2CCN3c4ccc([N+](=O)[O-])cc4CC(C(=O)NCc4ccccn4)C3C2)cc1. The lowest BCUT2D eigenvalue weighted by molar-refractivity contribution is -0.384. The number of carbonyl (C=O) groups excluding carboxylic acids is 1. The minimum Gasteiger partial charge on any atom is -0.497 e. The van der Waals surface area contributed by atoms with Crippen LogP contribution in [0.15, 0.2) is 66.9 Å². The molecule has 0 bridgehead atoms. The third kappa shape index (κ3) is 4.62. The Kier molecular flexibility index (Phi) is 6.22. The Balaban J connectivity index is 1.42. The number of benzene rings is 2. The molecule has 1 fully saturated rings. The number of methoxy groups -OCH3 is 1. The van der Waals surface area contributed by atoms with Crippen LogP contribution in [0.3, 0.4) is 0 Å². The molecule has 35 heavy (non-hydrogen) atoms. The van der Waals surface area contributed by atoms with Crippen molar-refractivity contribution in [1.82, 2.24) is 10.3 Å². The van der Waals surface area contributed by atoms with E-state index >= 15 is 0 Å². The van der Waals surface area contributed by atoms with Crippen LogP contribution < -0.4 is 19.9 Å². The second-order valence-corrected chi connectivity index (χ2v) is 8.82. The first kappa shape index (κ1) is 22.6. The lowest BCUT2D eigenvalue weighted by atomic mass is 9.83. The quantitative estimate of drug-likeness (QED) is 0.433. The average molecular weight is 474 g/mol.